The van der Waals surface area contributed by atoms with Gasteiger partial charge in [0.2, 0.25) is 0 Å². The topological polar surface area (TPSA) is 78.6 Å². The van der Waals surface area contributed by atoms with Crippen molar-refractivity contribution in [3.05, 3.63) is 77.8 Å². The highest BCUT2D eigenvalue weighted by Gasteiger charge is 2.16. The maximum absolute atomic E-state index is 6.23. The number of aromatic nitrogens is 4. The first-order valence-corrected chi connectivity index (χ1v) is 13.2. The predicted molar refractivity (Wildman–Crippen MR) is 146 cm³/mol. The number of H-pyrrole nitrogens is 2. The highest BCUT2D eigenvalue weighted by molar-refractivity contribution is 7.08. The fraction of sp³-hybridized carbons (Fsp3) is 0.172. The lowest BCUT2D eigenvalue weighted by Gasteiger charge is -2.23. The molecular weight excluding hydrogens is 466 g/mol. The number of hydrogen-bond acceptors (Lipinski definition) is 5. The molecule has 1 fully saturated rings. The fourth-order valence-corrected chi connectivity index (χ4v) is 5.75. The van der Waals surface area contributed by atoms with Crippen LogP contribution in [0.4, 0.5) is 0 Å². The summed E-state index contributed by atoms with van der Waals surface area (Å²) in [6.45, 7) is 2.00. The summed E-state index contributed by atoms with van der Waals surface area (Å²) < 4.78 is 6.23. The van der Waals surface area contributed by atoms with E-state index in [1.165, 1.54) is 16.5 Å². The van der Waals surface area contributed by atoms with Crippen LogP contribution in [0.1, 0.15) is 12.8 Å². The molecule has 1 saturated heterocycles. The molecule has 0 spiro atoms. The molecule has 0 aliphatic carbocycles. The quantitative estimate of drug-likeness (QED) is 0.253. The second kappa shape index (κ2) is 8.93. The van der Waals surface area contributed by atoms with E-state index in [4.69, 9.17) is 4.74 Å². The molecule has 0 radical (unpaired) electrons. The first kappa shape index (κ1) is 21.4. The molecule has 7 heteroatoms. The van der Waals surface area contributed by atoms with Gasteiger partial charge in [-0.3, -0.25) is 10.1 Å². The summed E-state index contributed by atoms with van der Waals surface area (Å²) in [7, 11) is 0. The van der Waals surface area contributed by atoms with Crippen LogP contribution in [0.2, 0.25) is 0 Å². The lowest BCUT2D eigenvalue weighted by atomic mass is 10.0. The Labute approximate surface area is 212 Å². The van der Waals surface area contributed by atoms with Crippen LogP contribution in [0.15, 0.2) is 77.8 Å². The van der Waals surface area contributed by atoms with Crippen molar-refractivity contribution in [1.82, 2.24) is 25.5 Å². The molecule has 0 unspecified atom stereocenters. The number of thiophene rings is 1. The van der Waals surface area contributed by atoms with Crippen LogP contribution in [-0.2, 0) is 0 Å². The summed E-state index contributed by atoms with van der Waals surface area (Å²) in [5.74, 6) is 0.823. The SMILES string of the molecule is c1cc(-c2ccsc2)c2cc(-c3n[nH]c4ccc(-c5cncc(OC6CCNCC6)c5)cc34)[nH]c2c1. The van der Waals surface area contributed by atoms with Crippen molar-refractivity contribution in [3.63, 3.8) is 0 Å². The molecule has 0 amide bonds. The Morgan fingerprint density at radius 1 is 0.861 bits per heavy atom. The van der Waals surface area contributed by atoms with Gasteiger partial charge in [-0.15, -0.1) is 0 Å². The molecule has 36 heavy (non-hydrogen) atoms. The van der Waals surface area contributed by atoms with Gasteiger partial charge in [0.05, 0.1) is 17.4 Å². The number of nitrogens with one attached hydrogen (secondary N) is 3. The molecular formula is C29H25N5OS. The Morgan fingerprint density at radius 3 is 2.69 bits per heavy atom. The van der Waals surface area contributed by atoms with E-state index in [0.717, 1.165) is 70.6 Å². The van der Waals surface area contributed by atoms with Crippen LogP contribution in [0.3, 0.4) is 0 Å². The maximum Gasteiger partial charge on any atom is 0.138 e. The summed E-state index contributed by atoms with van der Waals surface area (Å²) in [5.41, 5.74) is 8.60. The Hall–Kier alpha value is -3.94. The van der Waals surface area contributed by atoms with Crippen LogP contribution < -0.4 is 10.1 Å². The number of rotatable bonds is 5. The Kier molecular flexibility index (Phi) is 5.30. The number of piperidine rings is 1. The molecule has 0 atom stereocenters. The average Bonchev–Trinajstić information content (AvgIpc) is 3.68. The van der Waals surface area contributed by atoms with E-state index in [9.17, 15) is 0 Å². The Morgan fingerprint density at radius 2 is 1.81 bits per heavy atom. The zero-order chi connectivity index (χ0) is 23.9. The maximum atomic E-state index is 6.23. The monoisotopic (exact) mass is 491 g/mol. The molecule has 1 aliphatic rings. The summed E-state index contributed by atoms with van der Waals surface area (Å²) in [6.07, 6.45) is 5.99. The minimum absolute atomic E-state index is 0.243. The number of hydrogen-bond donors (Lipinski definition) is 3. The predicted octanol–water partition coefficient (Wildman–Crippen LogP) is 6.63. The van der Waals surface area contributed by atoms with Crippen molar-refractivity contribution in [1.29, 1.82) is 0 Å². The van der Waals surface area contributed by atoms with Gasteiger partial charge in [-0.1, -0.05) is 18.2 Å². The summed E-state index contributed by atoms with van der Waals surface area (Å²) in [5, 5.41) is 17.8. The van der Waals surface area contributed by atoms with Gasteiger partial charge < -0.3 is 15.0 Å². The Balaban J connectivity index is 1.26. The average molecular weight is 492 g/mol. The van der Waals surface area contributed by atoms with Crippen LogP contribution in [0.25, 0.3) is 55.4 Å². The van der Waals surface area contributed by atoms with Gasteiger partial charge in [0.1, 0.15) is 17.5 Å². The normalized spacial score (nSPS) is 14.6. The fourth-order valence-electron chi connectivity index (χ4n) is 5.10. The van der Waals surface area contributed by atoms with Crippen molar-refractivity contribution >= 4 is 33.1 Å². The second-order valence-corrected chi connectivity index (χ2v) is 10.1. The van der Waals surface area contributed by atoms with E-state index < -0.39 is 0 Å². The van der Waals surface area contributed by atoms with Gasteiger partial charge in [-0.25, -0.2) is 0 Å². The highest BCUT2D eigenvalue weighted by Crippen LogP contribution is 2.36. The van der Waals surface area contributed by atoms with Gasteiger partial charge >= 0.3 is 0 Å². The van der Waals surface area contributed by atoms with E-state index in [1.54, 1.807) is 11.3 Å². The number of ether oxygens (including phenoxy) is 1. The van der Waals surface area contributed by atoms with Crippen LogP contribution >= 0.6 is 11.3 Å². The largest absolute Gasteiger partial charge is 0.489 e. The first-order valence-electron chi connectivity index (χ1n) is 12.3. The molecule has 6 nitrogen and oxygen atoms in total. The number of pyridine rings is 1. The number of fused-ring (bicyclic) bond motifs is 2. The lowest BCUT2D eigenvalue weighted by Crippen LogP contribution is -2.34. The van der Waals surface area contributed by atoms with E-state index in [2.05, 4.69) is 90.8 Å². The number of benzene rings is 2. The third kappa shape index (κ3) is 3.86. The third-order valence-electron chi connectivity index (χ3n) is 6.95. The van der Waals surface area contributed by atoms with E-state index in [0.29, 0.717) is 0 Å². The molecule has 7 rings (SSSR count). The van der Waals surface area contributed by atoms with Crippen molar-refractivity contribution in [2.45, 2.75) is 18.9 Å². The molecule has 0 saturated carbocycles. The van der Waals surface area contributed by atoms with Crippen molar-refractivity contribution in [3.8, 4) is 39.4 Å². The zero-order valence-electron chi connectivity index (χ0n) is 19.6. The summed E-state index contributed by atoms with van der Waals surface area (Å²) in [6, 6.07) is 19.2. The Bertz CT molecular complexity index is 1660. The first-order chi connectivity index (χ1) is 17.8. The summed E-state index contributed by atoms with van der Waals surface area (Å²) in [4.78, 5) is 8.06. The highest BCUT2D eigenvalue weighted by atomic mass is 32.1. The minimum atomic E-state index is 0.243. The third-order valence-corrected chi connectivity index (χ3v) is 7.63. The molecule has 2 aromatic carbocycles. The summed E-state index contributed by atoms with van der Waals surface area (Å²) >= 11 is 1.72. The molecule has 5 heterocycles. The molecule has 0 bridgehead atoms. The van der Waals surface area contributed by atoms with Gasteiger partial charge in [-0.05, 0) is 89.8 Å². The smallest absolute Gasteiger partial charge is 0.138 e. The van der Waals surface area contributed by atoms with Crippen LogP contribution in [0.5, 0.6) is 5.75 Å². The van der Waals surface area contributed by atoms with Gasteiger partial charge in [0, 0.05) is 28.0 Å². The van der Waals surface area contributed by atoms with E-state index in [-0.39, 0.29) is 6.10 Å². The van der Waals surface area contributed by atoms with Gasteiger partial charge in [0.15, 0.2) is 0 Å². The second-order valence-electron chi connectivity index (χ2n) is 9.27. The zero-order valence-corrected chi connectivity index (χ0v) is 20.4. The van der Waals surface area contributed by atoms with Crippen molar-refractivity contribution in [2.24, 2.45) is 0 Å². The number of nitrogens with zero attached hydrogens (tertiary/aromatic N) is 2. The lowest BCUT2D eigenvalue weighted by molar-refractivity contribution is 0.162. The number of aromatic amines is 2. The van der Waals surface area contributed by atoms with Crippen molar-refractivity contribution < 1.29 is 4.74 Å². The molecule has 3 N–H and O–H groups in total. The van der Waals surface area contributed by atoms with Gasteiger partial charge in [0.25, 0.3) is 0 Å². The van der Waals surface area contributed by atoms with Gasteiger partial charge in [-0.2, -0.15) is 16.4 Å². The standard InChI is InChI=1S/C29H25N5OS/c1-2-23(19-8-11-36-17-19)24-14-28(32-26(24)3-1)29-25-13-18(4-5-27(25)33-34-29)20-12-22(16-31-15-20)35-21-6-9-30-10-7-21/h1-5,8,11-17,21,30,32H,6-7,9-10H2,(H,33,34). The molecule has 178 valence electrons. The van der Waals surface area contributed by atoms with E-state index in [1.807, 2.05) is 12.4 Å². The molecule has 4 aromatic heterocycles. The minimum Gasteiger partial charge on any atom is -0.489 e. The molecule has 6 aromatic rings. The van der Waals surface area contributed by atoms with E-state index >= 15 is 0 Å². The molecule has 1 aliphatic heterocycles. The van der Waals surface area contributed by atoms with Crippen LogP contribution in [0, 0.1) is 0 Å². The van der Waals surface area contributed by atoms with Crippen LogP contribution in [-0.4, -0.2) is 39.4 Å². The van der Waals surface area contributed by atoms with Crippen molar-refractivity contribution in [2.75, 3.05) is 13.1 Å².